The van der Waals surface area contributed by atoms with E-state index < -0.39 is 15.9 Å². The summed E-state index contributed by atoms with van der Waals surface area (Å²) < 4.78 is 32.4. The second-order valence-electron chi connectivity index (χ2n) is 7.08. The largest absolute Gasteiger partial charge is 0.494 e. The number of ether oxygens (including phenoxy) is 1. The van der Waals surface area contributed by atoms with Crippen LogP contribution in [0.4, 0.5) is 5.69 Å². The first-order chi connectivity index (χ1) is 15.3. The van der Waals surface area contributed by atoms with Gasteiger partial charge in [0.1, 0.15) is 5.75 Å². The quantitative estimate of drug-likeness (QED) is 0.486. The Bertz CT molecular complexity index is 1180. The Morgan fingerprint density at radius 1 is 1.03 bits per heavy atom. The van der Waals surface area contributed by atoms with Crippen LogP contribution in [0.1, 0.15) is 12.5 Å². The Labute approximate surface area is 193 Å². The highest BCUT2D eigenvalue weighted by molar-refractivity contribution is 7.99. The molecule has 0 fully saturated rings. The maximum absolute atomic E-state index is 13.0. The highest BCUT2D eigenvalue weighted by Gasteiger charge is 2.24. The maximum Gasteiger partial charge on any atom is 0.243 e. The average Bonchev–Trinajstić information content (AvgIpc) is 2.77. The van der Waals surface area contributed by atoms with Crippen LogP contribution >= 0.6 is 11.8 Å². The van der Waals surface area contributed by atoms with Crippen LogP contribution in [-0.4, -0.2) is 38.8 Å². The molecule has 168 valence electrons. The second-order valence-corrected chi connectivity index (χ2v) is 10.2. The molecular weight excluding hydrogens is 444 g/mol. The molecule has 1 amide bonds. The summed E-state index contributed by atoms with van der Waals surface area (Å²) in [4.78, 5) is 14.7. The van der Waals surface area contributed by atoms with Crippen LogP contribution < -0.4 is 10.1 Å². The zero-order chi connectivity index (χ0) is 23.1. The Kier molecular flexibility index (Phi) is 7.95. The number of aryl methyl sites for hydroxylation is 1. The molecule has 3 aromatic carbocycles. The van der Waals surface area contributed by atoms with E-state index in [1.54, 1.807) is 25.1 Å². The number of hydrogen-bond donors (Lipinski definition) is 1. The van der Waals surface area contributed by atoms with Crippen molar-refractivity contribution in [1.82, 2.24) is 4.31 Å². The topological polar surface area (TPSA) is 75.7 Å². The van der Waals surface area contributed by atoms with Gasteiger partial charge in [-0.2, -0.15) is 4.31 Å². The number of sulfonamides is 1. The van der Waals surface area contributed by atoms with E-state index >= 15 is 0 Å². The van der Waals surface area contributed by atoms with Crippen molar-refractivity contribution in [2.45, 2.75) is 28.5 Å². The Morgan fingerprint density at radius 3 is 2.41 bits per heavy atom. The van der Waals surface area contributed by atoms with Gasteiger partial charge in [-0.15, -0.1) is 0 Å². The van der Waals surface area contributed by atoms with Crippen molar-refractivity contribution in [3.8, 4) is 5.75 Å². The third-order valence-electron chi connectivity index (χ3n) is 4.65. The second kappa shape index (κ2) is 10.7. The summed E-state index contributed by atoms with van der Waals surface area (Å²) in [7, 11) is -2.43. The van der Waals surface area contributed by atoms with Crippen molar-refractivity contribution in [3.63, 3.8) is 0 Å². The van der Waals surface area contributed by atoms with Crippen LogP contribution in [0.3, 0.4) is 0 Å². The molecule has 32 heavy (non-hydrogen) atoms. The molecule has 8 heteroatoms. The molecule has 0 unspecified atom stereocenters. The summed E-state index contributed by atoms with van der Waals surface area (Å²) >= 11 is 1.53. The lowest BCUT2D eigenvalue weighted by atomic mass is 10.2. The van der Waals surface area contributed by atoms with Crippen molar-refractivity contribution in [2.75, 3.05) is 25.5 Å². The predicted molar refractivity (Wildman–Crippen MR) is 128 cm³/mol. The van der Waals surface area contributed by atoms with Crippen LogP contribution in [0.25, 0.3) is 0 Å². The normalized spacial score (nSPS) is 11.4. The zero-order valence-electron chi connectivity index (χ0n) is 18.2. The minimum atomic E-state index is -3.83. The molecule has 0 spiro atoms. The molecule has 0 heterocycles. The highest BCUT2D eigenvalue weighted by Crippen LogP contribution is 2.33. The molecule has 0 radical (unpaired) electrons. The van der Waals surface area contributed by atoms with E-state index in [0.29, 0.717) is 18.0 Å². The molecule has 0 atom stereocenters. The molecule has 0 aromatic heterocycles. The van der Waals surface area contributed by atoms with Gasteiger partial charge in [0.2, 0.25) is 15.9 Å². The van der Waals surface area contributed by atoms with Gasteiger partial charge in [0.15, 0.2) is 0 Å². The number of carbonyl (C=O) groups excluding carboxylic acids is 1. The fourth-order valence-electron chi connectivity index (χ4n) is 3.03. The fraction of sp³-hybridized carbons (Fsp3) is 0.208. The standard InChI is InChI=1S/C24H26N2O4S2/c1-4-30-22-15-14-20(16-18(22)2)32(28,29)26(3)17-24(27)25-21-12-8-9-13-23(21)31-19-10-6-5-7-11-19/h5-16H,4,17H2,1-3H3,(H,25,27). The van der Waals surface area contributed by atoms with Crippen LogP contribution in [0.2, 0.25) is 0 Å². The van der Waals surface area contributed by atoms with Gasteiger partial charge < -0.3 is 10.1 Å². The number of benzene rings is 3. The van der Waals surface area contributed by atoms with E-state index in [2.05, 4.69) is 5.32 Å². The van der Waals surface area contributed by atoms with Crippen molar-refractivity contribution >= 4 is 33.4 Å². The van der Waals surface area contributed by atoms with Crippen molar-refractivity contribution in [2.24, 2.45) is 0 Å². The number of likely N-dealkylation sites (N-methyl/N-ethyl adjacent to an activating group) is 1. The van der Waals surface area contributed by atoms with E-state index in [1.165, 1.54) is 24.9 Å². The van der Waals surface area contributed by atoms with Crippen molar-refractivity contribution < 1.29 is 17.9 Å². The molecule has 0 aliphatic carbocycles. The number of carbonyl (C=O) groups is 1. The van der Waals surface area contributed by atoms with Gasteiger partial charge in [-0.1, -0.05) is 42.1 Å². The molecular formula is C24H26N2O4S2. The van der Waals surface area contributed by atoms with Crippen molar-refractivity contribution in [3.05, 3.63) is 78.4 Å². The summed E-state index contributed by atoms with van der Waals surface area (Å²) in [6, 6.07) is 21.9. The van der Waals surface area contributed by atoms with Gasteiger partial charge in [-0.25, -0.2) is 8.42 Å². The number of amides is 1. The third kappa shape index (κ3) is 5.91. The van der Waals surface area contributed by atoms with Gasteiger partial charge in [0.05, 0.1) is 23.7 Å². The molecule has 1 N–H and O–H groups in total. The maximum atomic E-state index is 13.0. The van der Waals surface area contributed by atoms with Crippen LogP contribution in [-0.2, 0) is 14.8 Å². The highest BCUT2D eigenvalue weighted by atomic mass is 32.2. The Morgan fingerprint density at radius 2 is 1.72 bits per heavy atom. The molecule has 6 nitrogen and oxygen atoms in total. The molecule has 0 aliphatic rings. The number of para-hydroxylation sites is 1. The minimum Gasteiger partial charge on any atom is -0.494 e. The average molecular weight is 471 g/mol. The van der Waals surface area contributed by atoms with E-state index in [-0.39, 0.29) is 11.4 Å². The first-order valence-electron chi connectivity index (χ1n) is 10.1. The summed E-state index contributed by atoms with van der Waals surface area (Å²) in [5, 5.41) is 2.84. The molecule has 0 bridgehead atoms. The van der Waals surface area contributed by atoms with Crippen LogP contribution in [0.5, 0.6) is 5.75 Å². The molecule has 3 aromatic rings. The third-order valence-corrected chi connectivity index (χ3v) is 7.54. The lowest BCUT2D eigenvalue weighted by Gasteiger charge is -2.18. The van der Waals surface area contributed by atoms with Gasteiger partial charge in [0.25, 0.3) is 0 Å². The number of rotatable bonds is 9. The Hall–Kier alpha value is -2.81. The van der Waals surface area contributed by atoms with Gasteiger partial charge in [-0.05, 0) is 61.9 Å². The lowest BCUT2D eigenvalue weighted by molar-refractivity contribution is -0.116. The van der Waals surface area contributed by atoms with Gasteiger partial charge >= 0.3 is 0 Å². The van der Waals surface area contributed by atoms with E-state index in [9.17, 15) is 13.2 Å². The van der Waals surface area contributed by atoms with Gasteiger partial charge in [-0.3, -0.25) is 4.79 Å². The van der Waals surface area contributed by atoms with Gasteiger partial charge in [0, 0.05) is 16.8 Å². The van der Waals surface area contributed by atoms with E-state index in [4.69, 9.17) is 4.74 Å². The van der Waals surface area contributed by atoms with Crippen LogP contribution in [0, 0.1) is 6.92 Å². The molecule has 0 saturated heterocycles. The summed E-state index contributed by atoms with van der Waals surface area (Å²) in [5.41, 5.74) is 1.35. The Balaban J connectivity index is 1.70. The number of nitrogens with one attached hydrogen (secondary N) is 1. The minimum absolute atomic E-state index is 0.119. The van der Waals surface area contributed by atoms with E-state index in [1.807, 2.05) is 55.5 Å². The number of anilines is 1. The summed E-state index contributed by atoms with van der Waals surface area (Å²) in [6.45, 7) is 3.85. The first-order valence-corrected chi connectivity index (χ1v) is 12.4. The first kappa shape index (κ1) is 23.8. The predicted octanol–water partition coefficient (Wildman–Crippen LogP) is 4.80. The number of nitrogens with zero attached hydrogens (tertiary/aromatic N) is 1. The van der Waals surface area contributed by atoms with Crippen molar-refractivity contribution in [1.29, 1.82) is 0 Å². The molecule has 0 saturated carbocycles. The molecule has 0 aliphatic heterocycles. The monoisotopic (exact) mass is 470 g/mol. The lowest BCUT2D eigenvalue weighted by Crippen LogP contribution is -2.35. The smallest absolute Gasteiger partial charge is 0.243 e. The number of hydrogen-bond acceptors (Lipinski definition) is 5. The van der Waals surface area contributed by atoms with Crippen LogP contribution in [0.15, 0.2) is 87.5 Å². The summed E-state index contributed by atoms with van der Waals surface area (Å²) in [5.74, 6) is 0.221. The SMILES string of the molecule is CCOc1ccc(S(=O)(=O)N(C)CC(=O)Nc2ccccc2Sc2ccccc2)cc1C. The molecule has 3 rings (SSSR count). The summed E-state index contributed by atoms with van der Waals surface area (Å²) in [6.07, 6.45) is 0. The zero-order valence-corrected chi connectivity index (χ0v) is 19.9. The van der Waals surface area contributed by atoms with E-state index in [0.717, 1.165) is 19.7 Å². The fourth-order valence-corrected chi connectivity index (χ4v) is 5.17.